The zero-order chi connectivity index (χ0) is 53.8. The summed E-state index contributed by atoms with van der Waals surface area (Å²) in [6.45, 7) is 11.3. The highest BCUT2D eigenvalue weighted by molar-refractivity contribution is 5.99. The predicted molar refractivity (Wildman–Crippen MR) is 255 cm³/mol. The largest absolute Gasteiger partial charge is 0.481 e. The molecule has 0 bridgehead atoms. The molecule has 70 heavy (non-hydrogen) atoms. The zero-order valence-corrected chi connectivity index (χ0v) is 41.3. The van der Waals surface area contributed by atoms with Crippen LogP contribution in [0.4, 0.5) is 0 Å². The van der Waals surface area contributed by atoms with Crippen molar-refractivity contribution in [2.24, 2.45) is 51.4 Å². The zero-order valence-electron chi connectivity index (χ0n) is 41.3. The van der Waals surface area contributed by atoms with Crippen LogP contribution in [0, 0.1) is 17.8 Å². The molecule has 27 heteroatoms. The second kappa shape index (κ2) is 33.0. The van der Waals surface area contributed by atoms with E-state index in [-0.39, 0.29) is 56.4 Å². The Morgan fingerprint density at radius 1 is 0.557 bits per heavy atom. The molecule has 20 N–H and O–H groups in total. The molecule has 0 aliphatic carbocycles. The van der Waals surface area contributed by atoms with Crippen molar-refractivity contribution in [2.45, 2.75) is 161 Å². The highest BCUT2D eigenvalue weighted by atomic mass is 16.4. The first-order chi connectivity index (χ1) is 32.6. The van der Waals surface area contributed by atoms with Crippen molar-refractivity contribution in [1.82, 2.24) is 42.5 Å². The minimum atomic E-state index is -1.91. The lowest BCUT2D eigenvalue weighted by Gasteiger charge is -2.28. The van der Waals surface area contributed by atoms with Crippen LogP contribution in [0.5, 0.6) is 0 Å². The SMILES string of the molecule is CC[C@H](C)[C@H](NC(=O)[C@H](CC(=O)O)NC(=O)[C@H](CC(N)=O)NC(=O)CNC(=O)[C@H](CC(C)C)NC(=O)[C@H](CCCN=C(N)N)NC(=O)[C@@H](N)CCCCN)C(=O)N[C@@H](C)C(=O)N[C@@H](CC(C)C)C(=O)O. The number of nitrogens with one attached hydrogen (secondary N) is 8. The fraction of sp³-hybridized carbons (Fsp3) is 0.721. The molecule has 0 saturated heterocycles. The van der Waals surface area contributed by atoms with Gasteiger partial charge < -0.3 is 81.4 Å². The monoisotopic (exact) mass is 999 g/mol. The maximum atomic E-state index is 13.6. The smallest absolute Gasteiger partial charge is 0.326 e. The molecule has 9 amide bonds. The number of carboxylic acids is 2. The number of guanidine groups is 1. The molecule has 0 aromatic carbocycles. The predicted octanol–water partition coefficient (Wildman–Crippen LogP) is -4.40. The third kappa shape index (κ3) is 26.2. The maximum absolute atomic E-state index is 13.6. The summed E-state index contributed by atoms with van der Waals surface area (Å²) in [5.41, 5.74) is 27.7. The first-order valence-electron chi connectivity index (χ1n) is 23.3. The Kier molecular flexibility index (Phi) is 29.9. The molecule has 398 valence electrons. The second-order valence-electron chi connectivity index (χ2n) is 17.9. The number of carbonyl (C=O) groups is 11. The van der Waals surface area contributed by atoms with Crippen LogP contribution >= 0.6 is 0 Å². The lowest BCUT2D eigenvalue weighted by Crippen LogP contribution is -2.60. The third-order valence-electron chi connectivity index (χ3n) is 10.6. The average molecular weight is 999 g/mol. The number of amides is 9. The highest BCUT2D eigenvalue weighted by Crippen LogP contribution is 2.12. The number of carboxylic acid groups (broad SMARTS) is 2. The Morgan fingerprint density at radius 2 is 1.09 bits per heavy atom. The van der Waals surface area contributed by atoms with E-state index in [1.807, 2.05) is 0 Å². The van der Waals surface area contributed by atoms with Gasteiger partial charge in [-0.2, -0.15) is 0 Å². The first kappa shape index (κ1) is 63.4. The topological polar surface area (TPSA) is 467 Å². The number of aliphatic carboxylic acids is 2. The third-order valence-corrected chi connectivity index (χ3v) is 10.6. The molecule has 0 heterocycles. The lowest BCUT2D eigenvalue weighted by molar-refractivity contribution is -0.142. The summed E-state index contributed by atoms with van der Waals surface area (Å²) < 4.78 is 0. The molecule has 9 atom stereocenters. The standard InChI is InChI=1S/C43H78N14O13/c1-8-23(6)34(41(68)51-24(7)35(62)56-30(42(69)70)17-22(4)5)57-40(67)29(19-33(60)61)55-39(66)28(18-31(46)58)52-32(59)20-50-37(64)27(16-21(2)3)54-38(65)26(13-11-15-49-43(47)48)53-36(63)25(45)12-9-10-14-44/h21-30,34H,8-20,44-45H2,1-7H3,(H2,46,58)(H,50,64)(H,51,68)(H,52,59)(H,53,63)(H,54,65)(H,55,66)(H,56,62)(H,57,67)(H,60,61)(H,69,70)(H4,47,48,49)/t23-,24-,25-,26-,27-,28-,29-,30-,34-/m0/s1. The van der Waals surface area contributed by atoms with Crippen molar-refractivity contribution in [2.75, 3.05) is 19.6 Å². The van der Waals surface area contributed by atoms with E-state index in [0.29, 0.717) is 25.8 Å². The van der Waals surface area contributed by atoms with Gasteiger partial charge in [-0.05, 0) is 69.7 Å². The van der Waals surface area contributed by atoms with E-state index in [1.165, 1.54) is 6.92 Å². The summed E-state index contributed by atoms with van der Waals surface area (Å²) >= 11 is 0. The van der Waals surface area contributed by atoms with Gasteiger partial charge in [0.25, 0.3) is 0 Å². The van der Waals surface area contributed by atoms with E-state index < -0.39 is 139 Å². The van der Waals surface area contributed by atoms with Crippen LogP contribution in [0.1, 0.15) is 113 Å². The first-order valence-corrected chi connectivity index (χ1v) is 23.3. The Bertz CT molecular complexity index is 1830. The van der Waals surface area contributed by atoms with Crippen LogP contribution in [0.15, 0.2) is 4.99 Å². The molecule has 0 aromatic rings. The van der Waals surface area contributed by atoms with Gasteiger partial charge in [-0.3, -0.25) is 52.9 Å². The number of hydrogen-bond acceptors (Lipinski definition) is 14. The number of rotatable bonds is 35. The molecule has 0 aliphatic heterocycles. The van der Waals surface area contributed by atoms with Crippen molar-refractivity contribution in [3.8, 4) is 0 Å². The number of hydrogen-bond donors (Lipinski definition) is 15. The van der Waals surface area contributed by atoms with Crippen LogP contribution < -0.4 is 71.2 Å². The summed E-state index contributed by atoms with van der Waals surface area (Å²) in [5, 5.41) is 38.2. The minimum absolute atomic E-state index is 0.0460. The van der Waals surface area contributed by atoms with Crippen molar-refractivity contribution < 1.29 is 63.0 Å². The number of carbonyl (C=O) groups excluding carboxylic acids is 9. The molecule has 0 fully saturated rings. The van der Waals surface area contributed by atoms with Crippen LogP contribution in [-0.4, -0.2) is 149 Å². The van der Waals surface area contributed by atoms with Crippen molar-refractivity contribution in [3.63, 3.8) is 0 Å². The Morgan fingerprint density at radius 3 is 1.61 bits per heavy atom. The lowest BCUT2D eigenvalue weighted by atomic mass is 9.97. The van der Waals surface area contributed by atoms with E-state index in [1.54, 1.807) is 41.5 Å². The fourth-order valence-corrected chi connectivity index (χ4v) is 6.58. The second-order valence-corrected chi connectivity index (χ2v) is 17.9. The number of primary amides is 1. The van der Waals surface area contributed by atoms with Crippen molar-refractivity contribution in [1.29, 1.82) is 0 Å². The van der Waals surface area contributed by atoms with E-state index >= 15 is 0 Å². The summed E-state index contributed by atoms with van der Waals surface area (Å²) in [7, 11) is 0. The summed E-state index contributed by atoms with van der Waals surface area (Å²) in [6.07, 6.45) is 0.335. The molecular weight excluding hydrogens is 921 g/mol. The number of aliphatic imine (C=N–C) groups is 1. The van der Waals surface area contributed by atoms with Crippen molar-refractivity contribution >= 4 is 71.1 Å². The molecule has 0 spiro atoms. The van der Waals surface area contributed by atoms with Gasteiger partial charge in [0.2, 0.25) is 53.2 Å². The van der Waals surface area contributed by atoms with Gasteiger partial charge in [0, 0.05) is 6.54 Å². The van der Waals surface area contributed by atoms with E-state index in [9.17, 15) is 63.0 Å². The van der Waals surface area contributed by atoms with Crippen LogP contribution in [-0.2, 0) is 52.7 Å². The van der Waals surface area contributed by atoms with Gasteiger partial charge in [-0.1, -0.05) is 54.4 Å². The van der Waals surface area contributed by atoms with Gasteiger partial charge in [-0.15, -0.1) is 0 Å². The maximum Gasteiger partial charge on any atom is 0.326 e. The molecule has 0 unspecified atom stereocenters. The number of nitrogens with two attached hydrogens (primary N) is 5. The molecule has 0 aliphatic rings. The van der Waals surface area contributed by atoms with Crippen molar-refractivity contribution in [3.05, 3.63) is 0 Å². The normalized spacial score (nSPS) is 14.9. The van der Waals surface area contributed by atoms with Gasteiger partial charge in [0.15, 0.2) is 5.96 Å². The van der Waals surface area contributed by atoms with Crippen LogP contribution in [0.3, 0.4) is 0 Å². The van der Waals surface area contributed by atoms with E-state index in [2.05, 4.69) is 47.5 Å². The van der Waals surface area contributed by atoms with Gasteiger partial charge >= 0.3 is 11.9 Å². The van der Waals surface area contributed by atoms with Crippen LogP contribution in [0.25, 0.3) is 0 Å². The fourth-order valence-electron chi connectivity index (χ4n) is 6.58. The Labute approximate surface area is 407 Å². The van der Waals surface area contributed by atoms with E-state index in [4.69, 9.17) is 28.7 Å². The molecule has 27 nitrogen and oxygen atoms in total. The van der Waals surface area contributed by atoms with Gasteiger partial charge in [-0.25, -0.2) is 4.79 Å². The Hall–Kier alpha value is -6.64. The minimum Gasteiger partial charge on any atom is -0.481 e. The summed E-state index contributed by atoms with van der Waals surface area (Å²) in [4.78, 5) is 146. The molecule has 0 aromatic heterocycles. The van der Waals surface area contributed by atoms with E-state index in [0.717, 1.165) is 0 Å². The highest BCUT2D eigenvalue weighted by Gasteiger charge is 2.35. The van der Waals surface area contributed by atoms with Gasteiger partial charge in [0.1, 0.15) is 42.3 Å². The molecule has 0 saturated carbocycles. The molecular formula is C43H78N14O13. The van der Waals surface area contributed by atoms with Gasteiger partial charge in [0.05, 0.1) is 25.4 Å². The van der Waals surface area contributed by atoms with Crippen LogP contribution in [0.2, 0.25) is 0 Å². The summed E-state index contributed by atoms with van der Waals surface area (Å²) in [6, 6.07) is -11.0. The quantitative estimate of drug-likeness (QED) is 0.0162. The molecule has 0 rings (SSSR count). The number of unbranched alkanes of at least 4 members (excludes halogenated alkanes) is 1. The summed E-state index contributed by atoms with van der Waals surface area (Å²) in [5.74, 6) is -12.5. The molecule has 0 radical (unpaired) electrons. The average Bonchev–Trinajstić information content (AvgIpc) is 3.25. The Balaban J connectivity index is 6.16. The number of nitrogens with zero attached hydrogens (tertiary/aromatic N) is 1.